The van der Waals surface area contributed by atoms with Gasteiger partial charge >= 0.3 is 5.97 Å². The first-order chi connectivity index (χ1) is 13.2. The molecule has 2 atom stereocenters. The molecule has 1 N–H and O–H groups in total. The van der Waals surface area contributed by atoms with E-state index in [0.717, 1.165) is 14.7 Å². The molecule has 0 unspecified atom stereocenters. The normalized spacial score (nSPS) is 13.0. The number of ether oxygens (including phenoxy) is 1. The Bertz CT molecular complexity index is 868. The molecule has 0 spiro atoms. The van der Waals surface area contributed by atoms with E-state index in [0.29, 0.717) is 6.54 Å². The lowest BCUT2D eigenvalue weighted by Gasteiger charge is -2.28. The molecule has 0 aliphatic rings. The summed E-state index contributed by atoms with van der Waals surface area (Å²) in [5.74, 6) is -0.678. The van der Waals surface area contributed by atoms with Crippen molar-refractivity contribution in [2.24, 2.45) is 0 Å². The van der Waals surface area contributed by atoms with Crippen molar-refractivity contribution in [3.05, 3.63) is 105 Å². The molecule has 0 saturated carbocycles. The lowest BCUT2D eigenvalue weighted by atomic mass is 9.86. The van der Waals surface area contributed by atoms with Gasteiger partial charge in [0.25, 0.3) is 0 Å². The highest BCUT2D eigenvalue weighted by molar-refractivity contribution is 14.1. The Hall–Kier alpha value is -2.18. The summed E-state index contributed by atoms with van der Waals surface area (Å²) >= 11 is 2.28. The summed E-state index contributed by atoms with van der Waals surface area (Å²) in [5.41, 5.74) is 3.20. The van der Waals surface area contributed by atoms with Gasteiger partial charge in [0.1, 0.15) is 5.92 Å². The number of benzene rings is 3. The summed E-state index contributed by atoms with van der Waals surface area (Å²) in [6.45, 7) is 0.664. The third-order valence-corrected chi connectivity index (χ3v) is 5.54. The van der Waals surface area contributed by atoms with Gasteiger partial charge in [-0.25, -0.2) is 0 Å². The van der Waals surface area contributed by atoms with Crippen molar-refractivity contribution in [3.8, 4) is 0 Å². The maximum atomic E-state index is 12.8. The van der Waals surface area contributed by atoms with Crippen LogP contribution in [0.3, 0.4) is 0 Å². The van der Waals surface area contributed by atoms with Crippen LogP contribution in [0.4, 0.5) is 0 Å². The van der Waals surface area contributed by atoms with E-state index < -0.39 is 5.92 Å². The lowest BCUT2D eigenvalue weighted by Crippen LogP contribution is -2.32. The van der Waals surface area contributed by atoms with E-state index in [1.165, 1.54) is 12.7 Å². The SMILES string of the molecule is COC(=O)[C@@H](c1ccccc1I)[C@@H](NCc1ccccc1)c1ccccc1. The van der Waals surface area contributed by atoms with Gasteiger partial charge in [0, 0.05) is 16.2 Å². The van der Waals surface area contributed by atoms with Gasteiger partial charge in [0.15, 0.2) is 0 Å². The number of hydrogen-bond donors (Lipinski definition) is 1. The largest absolute Gasteiger partial charge is 0.468 e. The summed E-state index contributed by atoms with van der Waals surface area (Å²) < 4.78 is 6.24. The summed E-state index contributed by atoms with van der Waals surface area (Å²) in [4.78, 5) is 12.8. The van der Waals surface area contributed by atoms with Crippen LogP contribution in [0.2, 0.25) is 0 Å². The van der Waals surface area contributed by atoms with Crippen molar-refractivity contribution in [1.82, 2.24) is 5.32 Å². The Morgan fingerprint density at radius 1 is 0.926 bits per heavy atom. The maximum absolute atomic E-state index is 12.8. The van der Waals surface area contributed by atoms with Crippen LogP contribution in [0, 0.1) is 3.57 Å². The summed E-state index contributed by atoms with van der Waals surface area (Å²) in [7, 11) is 1.45. The van der Waals surface area contributed by atoms with E-state index in [2.05, 4.69) is 52.2 Å². The van der Waals surface area contributed by atoms with E-state index in [-0.39, 0.29) is 12.0 Å². The Balaban J connectivity index is 2.00. The van der Waals surface area contributed by atoms with Crippen LogP contribution < -0.4 is 5.32 Å². The molecule has 0 fully saturated rings. The maximum Gasteiger partial charge on any atom is 0.315 e. The number of rotatable bonds is 7. The predicted molar refractivity (Wildman–Crippen MR) is 116 cm³/mol. The van der Waals surface area contributed by atoms with Crippen molar-refractivity contribution in [2.75, 3.05) is 7.11 Å². The third-order valence-electron chi connectivity index (χ3n) is 4.56. The highest BCUT2D eigenvalue weighted by Gasteiger charge is 2.33. The van der Waals surface area contributed by atoms with E-state index in [1.807, 2.05) is 60.7 Å². The molecule has 3 nitrogen and oxygen atoms in total. The van der Waals surface area contributed by atoms with E-state index >= 15 is 0 Å². The molecule has 0 aromatic heterocycles. The van der Waals surface area contributed by atoms with Crippen molar-refractivity contribution < 1.29 is 9.53 Å². The van der Waals surface area contributed by atoms with Crippen LogP contribution in [0.5, 0.6) is 0 Å². The number of halogens is 1. The zero-order chi connectivity index (χ0) is 19.1. The topological polar surface area (TPSA) is 38.3 Å². The van der Waals surface area contributed by atoms with E-state index in [4.69, 9.17) is 4.74 Å². The molecule has 138 valence electrons. The molecule has 0 radical (unpaired) electrons. The molecule has 0 amide bonds. The standard InChI is InChI=1S/C23H22INO2/c1-27-23(26)21(19-14-8-9-15-20(19)24)22(18-12-6-3-7-13-18)25-16-17-10-4-2-5-11-17/h2-15,21-22,25H,16H2,1H3/t21-,22-/m0/s1. The summed E-state index contributed by atoms with van der Waals surface area (Å²) in [5, 5.41) is 3.59. The minimum absolute atomic E-state index is 0.199. The number of carbonyl (C=O) groups excluding carboxylic acids is 1. The second-order valence-corrected chi connectivity index (χ2v) is 7.44. The molecule has 0 aliphatic heterocycles. The molecule has 3 aromatic rings. The molecule has 4 heteroatoms. The highest BCUT2D eigenvalue weighted by atomic mass is 127. The van der Waals surface area contributed by atoms with Crippen molar-refractivity contribution in [1.29, 1.82) is 0 Å². The van der Waals surface area contributed by atoms with E-state index in [9.17, 15) is 4.79 Å². The van der Waals surface area contributed by atoms with Gasteiger partial charge in [-0.05, 0) is 45.3 Å². The van der Waals surface area contributed by atoms with Crippen LogP contribution in [0.15, 0.2) is 84.9 Å². The zero-order valence-electron chi connectivity index (χ0n) is 15.1. The molecule has 0 heterocycles. The van der Waals surface area contributed by atoms with Gasteiger partial charge < -0.3 is 10.1 Å². The molecular formula is C23H22INO2. The first-order valence-corrected chi connectivity index (χ1v) is 9.93. The smallest absolute Gasteiger partial charge is 0.315 e. The lowest BCUT2D eigenvalue weighted by molar-refractivity contribution is -0.143. The highest BCUT2D eigenvalue weighted by Crippen LogP contribution is 2.35. The van der Waals surface area contributed by atoms with Crippen molar-refractivity contribution in [3.63, 3.8) is 0 Å². The second kappa shape index (κ2) is 9.67. The quantitative estimate of drug-likeness (QED) is 0.386. The van der Waals surface area contributed by atoms with Gasteiger partial charge in [-0.15, -0.1) is 0 Å². The van der Waals surface area contributed by atoms with E-state index in [1.54, 1.807) is 0 Å². The van der Waals surface area contributed by atoms with Crippen LogP contribution in [0.1, 0.15) is 28.7 Å². The predicted octanol–water partition coefficient (Wildman–Crippen LogP) is 5.08. The monoisotopic (exact) mass is 471 g/mol. The number of methoxy groups -OCH3 is 1. The summed E-state index contributed by atoms with van der Waals surface area (Å²) in [6, 6.07) is 28.0. The number of hydrogen-bond acceptors (Lipinski definition) is 3. The number of esters is 1. The van der Waals surface area contributed by atoms with Crippen molar-refractivity contribution >= 4 is 28.6 Å². The average molecular weight is 471 g/mol. The van der Waals surface area contributed by atoms with Crippen molar-refractivity contribution in [2.45, 2.75) is 18.5 Å². The van der Waals surface area contributed by atoms with Gasteiger partial charge in [-0.2, -0.15) is 0 Å². The minimum Gasteiger partial charge on any atom is -0.468 e. The molecule has 0 saturated heterocycles. The van der Waals surface area contributed by atoms with Gasteiger partial charge in [-0.3, -0.25) is 4.79 Å². The number of carbonyl (C=O) groups is 1. The number of nitrogens with one attached hydrogen (secondary N) is 1. The zero-order valence-corrected chi connectivity index (χ0v) is 17.3. The van der Waals surface area contributed by atoms with Gasteiger partial charge in [0.05, 0.1) is 7.11 Å². The average Bonchev–Trinajstić information content (AvgIpc) is 2.73. The Morgan fingerprint density at radius 2 is 1.52 bits per heavy atom. The molecule has 3 rings (SSSR count). The molecule has 27 heavy (non-hydrogen) atoms. The molecule has 0 aliphatic carbocycles. The summed E-state index contributed by atoms with van der Waals surface area (Å²) in [6.07, 6.45) is 0. The minimum atomic E-state index is -0.436. The van der Waals surface area contributed by atoms with Crippen LogP contribution >= 0.6 is 22.6 Å². The fraction of sp³-hybridized carbons (Fsp3) is 0.174. The van der Waals surface area contributed by atoms with Gasteiger partial charge in [-0.1, -0.05) is 78.9 Å². The molecule has 0 bridgehead atoms. The first-order valence-electron chi connectivity index (χ1n) is 8.85. The Labute approximate surface area is 173 Å². The first kappa shape index (κ1) is 19.6. The molecule has 3 aromatic carbocycles. The van der Waals surface area contributed by atoms with Crippen LogP contribution in [0.25, 0.3) is 0 Å². The van der Waals surface area contributed by atoms with Crippen LogP contribution in [-0.2, 0) is 16.1 Å². The molecular weight excluding hydrogens is 449 g/mol. The van der Waals surface area contributed by atoms with Gasteiger partial charge in [0.2, 0.25) is 0 Å². The second-order valence-electron chi connectivity index (χ2n) is 6.28. The fourth-order valence-electron chi connectivity index (χ4n) is 3.21. The Morgan fingerprint density at radius 3 is 2.15 bits per heavy atom. The third kappa shape index (κ3) is 4.96. The Kier molecular flexibility index (Phi) is 7.01. The van der Waals surface area contributed by atoms with Crippen LogP contribution in [-0.4, -0.2) is 13.1 Å². The fourth-order valence-corrected chi connectivity index (χ4v) is 3.93.